The zero-order valence-electron chi connectivity index (χ0n) is 14.1. The fourth-order valence-electron chi connectivity index (χ4n) is 2.52. The molecule has 0 saturated carbocycles. The number of hydrogen-bond donors (Lipinski definition) is 2. The maximum atomic E-state index is 12.5. The van der Waals surface area contributed by atoms with Crippen molar-refractivity contribution in [1.82, 2.24) is 5.32 Å². The number of nitrogens with one attached hydrogen (secondary N) is 1. The SMILES string of the molecule is COc1ccc2cc([C@H](C)C(=O)NC(CC(F)(F)F)C(=O)O)ccc2c1. The van der Waals surface area contributed by atoms with E-state index < -0.39 is 36.4 Å². The Bertz CT molecular complexity index is 820. The molecule has 0 aliphatic rings. The van der Waals surface area contributed by atoms with Crippen LogP contribution in [0.5, 0.6) is 5.75 Å². The number of rotatable bonds is 6. The molecule has 0 aliphatic carbocycles. The van der Waals surface area contributed by atoms with Crippen molar-refractivity contribution in [2.75, 3.05) is 7.11 Å². The molecule has 26 heavy (non-hydrogen) atoms. The van der Waals surface area contributed by atoms with Crippen LogP contribution in [-0.4, -0.2) is 36.3 Å². The van der Waals surface area contributed by atoms with Gasteiger partial charge in [-0.25, -0.2) is 4.79 Å². The van der Waals surface area contributed by atoms with Crippen LogP contribution in [0.3, 0.4) is 0 Å². The van der Waals surface area contributed by atoms with E-state index in [0.29, 0.717) is 11.3 Å². The maximum Gasteiger partial charge on any atom is 0.391 e. The number of fused-ring (bicyclic) bond motifs is 1. The summed E-state index contributed by atoms with van der Waals surface area (Å²) in [6.45, 7) is 1.51. The Morgan fingerprint density at radius 2 is 1.77 bits per heavy atom. The molecule has 2 N–H and O–H groups in total. The topological polar surface area (TPSA) is 75.6 Å². The number of amides is 1. The molecule has 0 bridgehead atoms. The first-order chi connectivity index (χ1) is 12.1. The van der Waals surface area contributed by atoms with Crippen molar-refractivity contribution in [1.29, 1.82) is 0 Å². The van der Waals surface area contributed by atoms with Gasteiger partial charge < -0.3 is 15.2 Å². The van der Waals surface area contributed by atoms with Gasteiger partial charge in [-0.2, -0.15) is 13.2 Å². The predicted octanol–water partition coefficient (Wildman–Crippen LogP) is 3.47. The minimum atomic E-state index is -4.69. The summed E-state index contributed by atoms with van der Waals surface area (Å²) in [5, 5.41) is 12.6. The van der Waals surface area contributed by atoms with Crippen molar-refractivity contribution < 1.29 is 32.6 Å². The van der Waals surface area contributed by atoms with E-state index >= 15 is 0 Å². The Labute approximate surface area is 147 Å². The Morgan fingerprint density at radius 1 is 1.15 bits per heavy atom. The normalized spacial score (nSPS) is 13.9. The lowest BCUT2D eigenvalue weighted by Crippen LogP contribution is -2.45. The van der Waals surface area contributed by atoms with Gasteiger partial charge in [0.2, 0.25) is 5.91 Å². The number of carboxylic acid groups (broad SMARTS) is 1. The smallest absolute Gasteiger partial charge is 0.391 e. The molecule has 2 aromatic carbocycles. The molecule has 0 aliphatic heterocycles. The van der Waals surface area contributed by atoms with Crippen LogP contribution < -0.4 is 10.1 Å². The Balaban J connectivity index is 2.18. The first-order valence-electron chi connectivity index (χ1n) is 7.78. The van der Waals surface area contributed by atoms with E-state index in [0.717, 1.165) is 10.8 Å². The minimum Gasteiger partial charge on any atom is -0.497 e. The molecule has 0 heterocycles. The highest BCUT2D eigenvalue weighted by Gasteiger charge is 2.36. The third-order valence-electron chi connectivity index (χ3n) is 4.01. The van der Waals surface area contributed by atoms with Gasteiger partial charge in [0.25, 0.3) is 0 Å². The highest BCUT2D eigenvalue weighted by atomic mass is 19.4. The van der Waals surface area contributed by atoms with Gasteiger partial charge in [0.1, 0.15) is 11.8 Å². The summed E-state index contributed by atoms with van der Waals surface area (Å²) in [7, 11) is 1.54. The lowest BCUT2D eigenvalue weighted by atomic mass is 9.96. The van der Waals surface area contributed by atoms with E-state index in [4.69, 9.17) is 9.84 Å². The Hall–Kier alpha value is -2.77. The van der Waals surface area contributed by atoms with E-state index in [1.54, 1.807) is 37.4 Å². The molecule has 140 valence electrons. The van der Waals surface area contributed by atoms with Gasteiger partial charge in [-0.3, -0.25) is 4.79 Å². The number of hydrogen-bond acceptors (Lipinski definition) is 3. The van der Waals surface area contributed by atoms with Gasteiger partial charge in [0.15, 0.2) is 0 Å². The largest absolute Gasteiger partial charge is 0.497 e. The molecular formula is C18H18F3NO4. The van der Waals surface area contributed by atoms with E-state index in [-0.39, 0.29) is 0 Å². The second kappa shape index (κ2) is 7.63. The number of benzene rings is 2. The van der Waals surface area contributed by atoms with E-state index in [1.165, 1.54) is 6.92 Å². The van der Waals surface area contributed by atoms with Crippen molar-refractivity contribution in [2.45, 2.75) is 31.5 Å². The third kappa shape index (κ3) is 4.87. The van der Waals surface area contributed by atoms with E-state index in [2.05, 4.69) is 0 Å². The fraction of sp³-hybridized carbons (Fsp3) is 0.333. The molecule has 5 nitrogen and oxygen atoms in total. The van der Waals surface area contributed by atoms with Crippen molar-refractivity contribution in [3.05, 3.63) is 42.0 Å². The van der Waals surface area contributed by atoms with E-state index in [9.17, 15) is 22.8 Å². The van der Waals surface area contributed by atoms with Crippen LogP contribution in [0.15, 0.2) is 36.4 Å². The molecule has 1 amide bonds. The van der Waals surface area contributed by atoms with Crippen molar-refractivity contribution in [3.63, 3.8) is 0 Å². The van der Waals surface area contributed by atoms with Crippen LogP contribution in [-0.2, 0) is 9.59 Å². The fourth-order valence-corrected chi connectivity index (χ4v) is 2.52. The lowest BCUT2D eigenvalue weighted by molar-refractivity contribution is -0.160. The third-order valence-corrected chi connectivity index (χ3v) is 4.01. The number of ether oxygens (including phenoxy) is 1. The highest BCUT2D eigenvalue weighted by molar-refractivity contribution is 5.90. The van der Waals surface area contributed by atoms with Crippen molar-refractivity contribution in [3.8, 4) is 5.75 Å². The van der Waals surface area contributed by atoms with Gasteiger partial charge in [-0.15, -0.1) is 0 Å². The molecule has 0 aromatic heterocycles. The predicted molar refractivity (Wildman–Crippen MR) is 89.2 cm³/mol. The highest BCUT2D eigenvalue weighted by Crippen LogP contribution is 2.26. The quantitative estimate of drug-likeness (QED) is 0.818. The van der Waals surface area contributed by atoms with Gasteiger partial charge >= 0.3 is 12.1 Å². The monoisotopic (exact) mass is 369 g/mol. The van der Waals surface area contributed by atoms with Crippen LogP contribution in [0.4, 0.5) is 13.2 Å². The van der Waals surface area contributed by atoms with Crippen LogP contribution >= 0.6 is 0 Å². The summed E-state index contributed by atoms with van der Waals surface area (Å²) in [6, 6.07) is 8.51. The molecule has 2 rings (SSSR count). The molecule has 2 aromatic rings. The minimum absolute atomic E-state index is 0.566. The first-order valence-corrected chi connectivity index (χ1v) is 7.78. The van der Waals surface area contributed by atoms with Crippen LogP contribution in [0.1, 0.15) is 24.8 Å². The number of aliphatic carboxylic acids is 1. The average Bonchev–Trinajstić information content (AvgIpc) is 2.58. The molecule has 8 heteroatoms. The molecule has 1 unspecified atom stereocenters. The zero-order valence-corrected chi connectivity index (χ0v) is 14.1. The van der Waals surface area contributed by atoms with Gasteiger partial charge in [0, 0.05) is 0 Å². The molecule has 0 radical (unpaired) electrons. The summed E-state index contributed by atoms with van der Waals surface area (Å²) < 4.78 is 42.5. The molecule has 0 saturated heterocycles. The number of carboxylic acids is 1. The second-order valence-corrected chi connectivity index (χ2v) is 5.91. The number of alkyl halides is 3. The summed E-state index contributed by atoms with van der Waals surface area (Å²) >= 11 is 0. The number of halogens is 3. The van der Waals surface area contributed by atoms with Crippen LogP contribution in [0.25, 0.3) is 10.8 Å². The summed E-state index contributed by atoms with van der Waals surface area (Å²) in [5.74, 6) is -2.65. The standard InChI is InChI=1S/C18H18F3NO4/c1-10(16(23)22-15(17(24)25)9-18(19,20)21)11-3-4-13-8-14(26-2)6-5-12(13)7-11/h3-8,10,15H,9H2,1-2H3,(H,22,23)(H,24,25)/t10-,15?/m0/s1. The molecule has 0 fully saturated rings. The number of methoxy groups -OCH3 is 1. The maximum absolute atomic E-state index is 12.5. The van der Waals surface area contributed by atoms with Crippen LogP contribution in [0, 0.1) is 0 Å². The Morgan fingerprint density at radius 3 is 2.35 bits per heavy atom. The molecule has 2 atom stereocenters. The zero-order chi connectivity index (χ0) is 19.5. The van der Waals surface area contributed by atoms with Gasteiger partial charge in [0.05, 0.1) is 19.4 Å². The van der Waals surface area contributed by atoms with Gasteiger partial charge in [-0.1, -0.05) is 24.3 Å². The van der Waals surface area contributed by atoms with Crippen molar-refractivity contribution >= 4 is 22.6 Å². The lowest BCUT2D eigenvalue weighted by Gasteiger charge is -2.19. The first kappa shape index (κ1) is 19.6. The molecule has 0 spiro atoms. The molecular weight excluding hydrogens is 351 g/mol. The summed E-state index contributed by atoms with van der Waals surface area (Å²) in [5.41, 5.74) is 0.566. The van der Waals surface area contributed by atoms with Crippen molar-refractivity contribution in [2.24, 2.45) is 0 Å². The van der Waals surface area contributed by atoms with Crippen LogP contribution in [0.2, 0.25) is 0 Å². The van der Waals surface area contributed by atoms with Gasteiger partial charge in [-0.05, 0) is 35.4 Å². The summed E-state index contributed by atoms with van der Waals surface area (Å²) in [4.78, 5) is 23.2. The second-order valence-electron chi connectivity index (χ2n) is 5.91. The Kier molecular flexibility index (Phi) is 5.74. The number of carbonyl (C=O) groups excluding carboxylic acids is 1. The number of carbonyl (C=O) groups is 2. The average molecular weight is 369 g/mol. The van der Waals surface area contributed by atoms with E-state index in [1.807, 2.05) is 11.4 Å². The summed E-state index contributed by atoms with van der Waals surface area (Å²) in [6.07, 6.45) is -6.32.